The molecule has 7 nitrogen and oxygen atoms in total. The SMILES string of the molecule is CCS(=O)(=O)Nc1ccc(NCCOc2ccc(OC)cc2)cn1. The second-order valence-corrected chi connectivity index (χ2v) is 6.90. The molecule has 24 heavy (non-hydrogen) atoms. The summed E-state index contributed by atoms with van der Waals surface area (Å²) in [5, 5.41) is 3.15. The molecule has 0 unspecified atom stereocenters. The van der Waals surface area contributed by atoms with Crippen LogP contribution in [-0.2, 0) is 10.0 Å². The van der Waals surface area contributed by atoms with Gasteiger partial charge in [0, 0.05) is 6.54 Å². The number of anilines is 2. The third kappa shape index (κ3) is 5.62. The van der Waals surface area contributed by atoms with Gasteiger partial charge < -0.3 is 14.8 Å². The third-order valence-electron chi connectivity index (χ3n) is 3.16. The Morgan fingerprint density at radius 1 is 1.08 bits per heavy atom. The highest BCUT2D eigenvalue weighted by Crippen LogP contribution is 2.17. The number of rotatable bonds is 9. The first-order chi connectivity index (χ1) is 11.5. The zero-order valence-electron chi connectivity index (χ0n) is 13.7. The summed E-state index contributed by atoms with van der Waals surface area (Å²) in [5.41, 5.74) is 0.785. The number of hydrogen-bond acceptors (Lipinski definition) is 6. The second-order valence-electron chi connectivity index (χ2n) is 4.89. The summed E-state index contributed by atoms with van der Waals surface area (Å²) in [6.07, 6.45) is 1.57. The highest BCUT2D eigenvalue weighted by molar-refractivity contribution is 7.92. The summed E-state index contributed by atoms with van der Waals surface area (Å²) in [7, 11) is -1.69. The van der Waals surface area contributed by atoms with E-state index in [9.17, 15) is 8.42 Å². The highest BCUT2D eigenvalue weighted by Gasteiger charge is 2.07. The summed E-state index contributed by atoms with van der Waals surface area (Å²) >= 11 is 0. The molecule has 0 spiro atoms. The average molecular weight is 351 g/mol. The number of nitrogens with one attached hydrogen (secondary N) is 2. The summed E-state index contributed by atoms with van der Waals surface area (Å²) < 4.78 is 36.0. The molecule has 0 radical (unpaired) electrons. The van der Waals surface area contributed by atoms with Crippen LogP contribution in [0.1, 0.15) is 6.92 Å². The molecule has 0 saturated heterocycles. The number of benzene rings is 1. The summed E-state index contributed by atoms with van der Waals surface area (Å²) in [4.78, 5) is 4.06. The Bertz CT molecular complexity index is 731. The van der Waals surface area contributed by atoms with Gasteiger partial charge in [0.1, 0.15) is 23.9 Å². The van der Waals surface area contributed by atoms with Crippen molar-refractivity contribution < 1.29 is 17.9 Å². The molecule has 8 heteroatoms. The van der Waals surface area contributed by atoms with Crippen LogP contribution >= 0.6 is 0 Å². The minimum absolute atomic E-state index is 0.0113. The van der Waals surface area contributed by atoms with Gasteiger partial charge in [0.25, 0.3) is 0 Å². The fourth-order valence-corrected chi connectivity index (χ4v) is 2.41. The van der Waals surface area contributed by atoms with E-state index in [2.05, 4.69) is 15.0 Å². The van der Waals surface area contributed by atoms with E-state index < -0.39 is 10.0 Å². The average Bonchev–Trinajstić information content (AvgIpc) is 2.60. The quantitative estimate of drug-likeness (QED) is 0.674. The molecule has 0 aliphatic rings. The Hall–Kier alpha value is -2.48. The molecule has 0 fully saturated rings. The normalized spacial score (nSPS) is 10.9. The van der Waals surface area contributed by atoms with E-state index in [1.165, 1.54) is 0 Å². The summed E-state index contributed by atoms with van der Waals surface area (Å²) in [6.45, 7) is 2.64. The van der Waals surface area contributed by atoms with Crippen molar-refractivity contribution in [1.29, 1.82) is 0 Å². The lowest BCUT2D eigenvalue weighted by atomic mass is 10.3. The van der Waals surface area contributed by atoms with Gasteiger partial charge in [-0.15, -0.1) is 0 Å². The van der Waals surface area contributed by atoms with Crippen LogP contribution < -0.4 is 19.5 Å². The number of methoxy groups -OCH3 is 1. The van der Waals surface area contributed by atoms with Gasteiger partial charge in [0.05, 0.1) is 24.7 Å². The van der Waals surface area contributed by atoms with Gasteiger partial charge >= 0.3 is 0 Å². The lowest BCUT2D eigenvalue weighted by molar-refractivity contribution is 0.332. The highest BCUT2D eigenvalue weighted by atomic mass is 32.2. The van der Waals surface area contributed by atoms with E-state index >= 15 is 0 Å². The molecule has 0 aliphatic carbocycles. The predicted molar refractivity (Wildman–Crippen MR) is 94.3 cm³/mol. The van der Waals surface area contributed by atoms with Crippen molar-refractivity contribution in [3.63, 3.8) is 0 Å². The Morgan fingerprint density at radius 3 is 2.38 bits per heavy atom. The van der Waals surface area contributed by atoms with E-state index in [0.29, 0.717) is 19.0 Å². The molecule has 0 aliphatic heterocycles. The van der Waals surface area contributed by atoms with Crippen molar-refractivity contribution in [2.45, 2.75) is 6.92 Å². The van der Waals surface area contributed by atoms with Crippen molar-refractivity contribution in [2.75, 3.05) is 36.1 Å². The van der Waals surface area contributed by atoms with Gasteiger partial charge in [0.15, 0.2) is 0 Å². The maximum absolute atomic E-state index is 11.4. The summed E-state index contributed by atoms with van der Waals surface area (Å²) in [6, 6.07) is 10.7. The first kappa shape index (κ1) is 17.9. The van der Waals surface area contributed by atoms with Crippen LogP contribution in [0.25, 0.3) is 0 Å². The molecule has 1 aromatic carbocycles. The van der Waals surface area contributed by atoms with Crippen molar-refractivity contribution in [3.05, 3.63) is 42.6 Å². The van der Waals surface area contributed by atoms with Crippen molar-refractivity contribution in [3.8, 4) is 11.5 Å². The van der Waals surface area contributed by atoms with Crippen LogP contribution in [0.4, 0.5) is 11.5 Å². The van der Waals surface area contributed by atoms with E-state index in [1.54, 1.807) is 32.4 Å². The Kier molecular flexibility index (Phi) is 6.25. The zero-order valence-corrected chi connectivity index (χ0v) is 14.5. The van der Waals surface area contributed by atoms with Gasteiger partial charge in [-0.2, -0.15) is 0 Å². The minimum atomic E-state index is -3.30. The van der Waals surface area contributed by atoms with E-state index in [4.69, 9.17) is 9.47 Å². The molecule has 130 valence electrons. The molecule has 2 rings (SSSR count). The lowest BCUT2D eigenvalue weighted by Crippen LogP contribution is -2.15. The fraction of sp³-hybridized carbons (Fsp3) is 0.312. The number of nitrogens with zero attached hydrogens (tertiary/aromatic N) is 1. The zero-order chi connectivity index (χ0) is 17.4. The van der Waals surface area contributed by atoms with E-state index in [1.807, 2.05) is 24.3 Å². The topological polar surface area (TPSA) is 89.6 Å². The van der Waals surface area contributed by atoms with E-state index in [0.717, 1.165) is 17.2 Å². The van der Waals surface area contributed by atoms with Crippen molar-refractivity contribution in [2.24, 2.45) is 0 Å². The Morgan fingerprint density at radius 2 is 1.79 bits per heavy atom. The van der Waals surface area contributed by atoms with Crippen LogP contribution in [0.3, 0.4) is 0 Å². The number of pyridine rings is 1. The molecule has 1 aromatic heterocycles. The molecule has 2 aromatic rings. The molecular formula is C16H21N3O4S. The molecule has 1 heterocycles. The Labute approximate surface area is 142 Å². The maximum Gasteiger partial charge on any atom is 0.233 e. The van der Waals surface area contributed by atoms with Gasteiger partial charge in [-0.25, -0.2) is 13.4 Å². The maximum atomic E-state index is 11.4. The van der Waals surface area contributed by atoms with Gasteiger partial charge in [-0.1, -0.05) is 0 Å². The van der Waals surface area contributed by atoms with Crippen LogP contribution in [0.2, 0.25) is 0 Å². The minimum Gasteiger partial charge on any atom is -0.497 e. The second kappa shape index (κ2) is 8.39. The number of hydrogen-bond donors (Lipinski definition) is 2. The first-order valence-electron chi connectivity index (χ1n) is 7.49. The molecule has 0 atom stereocenters. The molecule has 0 saturated carbocycles. The van der Waals surface area contributed by atoms with Crippen molar-refractivity contribution in [1.82, 2.24) is 4.98 Å². The number of sulfonamides is 1. The standard InChI is InChI=1S/C16H21N3O4S/c1-3-24(20,21)19-16-9-4-13(12-18-16)17-10-11-23-15-7-5-14(22-2)6-8-15/h4-9,12,17H,3,10-11H2,1-2H3,(H,18,19). The fourth-order valence-electron chi connectivity index (χ4n) is 1.83. The van der Waals surface area contributed by atoms with Crippen LogP contribution in [0, 0.1) is 0 Å². The smallest absolute Gasteiger partial charge is 0.233 e. The first-order valence-corrected chi connectivity index (χ1v) is 9.15. The molecular weight excluding hydrogens is 330 g/mol. The number of aromatic nitrogens is 1. The van der Waals surface area contributed by atoms with Gasteiger partial charge in [0.2, 0.25) is 10.0 Å². The van der Waals surface area contributed by atoms with Crippen LogP contribution in [0.5, 0.6) is 11.5 Å². The van der Waals surface area contributed by atoms with E-state index in [-0.39, 0.29) is 5.75 Å². The summed E-state index contributed by atoms with van der Waals surface area (Å²) in [5.74, 6) is 1.86. The monoisotopic (exact) mass is 351 g/mol. The van der Waals surface area contributed by atoms with Crippen LogP contribution in [-0.4, -0.2) is 39.4 Å². The number of ether oxygens (including phenoxy) is 2. The van der Waals surface area contributed by atoms with Crippen LogP contribution in [0.15, 0.2) is 42.6 Å². The lowest BCUT2D eigenvalue weighted by Gasteiger charge is -2.10. The molecule has 0 amide bonds. The van der Waals surface area contributed by atoms with Crippen molar-refractivity contribution >= 4 is 21.5 Å². The predicted octanol–water partition coefficient (Wildman–Crippen LogP) is 2.34. The molecule has 0 bridgehead atoms. The largest absolute Gasteiger partial charge is 0.497 e. The molecule has 2 N–H and O–H groups in total. The van der Waals surface area contributed by atoms with Gasteiger partial charge in [-0.05, 0) is 43.3 Å². The van der Waals surface area contributed by atoms with Gasteiger partial charge in [-0.3, -0.25) is 4.72 Å². The third-order valence-corrected chi connectivity index (χ3v) is 4.44. The Balaban J connectivity index is 1.76.